The third-order valence-electron chi connectivity index (χ3n) is 5.28. The van der Waals surface area contributed by atoms with Crippen molar-refractivity contribution in [3.8, 4) is 22.8 Å². The normalized spacial score (nSPS) is 11.4. The minimum atomic E-state index is -1.08. The minimum Gasteiger partial charge on any atom is -0.496 e. The summed E-state index contributed by atoms with van der Waals surface area (Å²) in [4.78, 5) is 28.4. The predicted molar refractivity (Wildman–Crippen MR) is 122 cm³/mol. The van der Waals surface area contributed by atoms with Gasteiger partial charge in [-0.3, -0.25) is 14.9 Å². The molecule has 176 valence electrons. The molecular formula is C22H18ClF2N5O4. The van der Waals surface area contributed by atoms with Crippen LogP contribution in [0.2, 0.25) is 5.02 Å². The quantitative estimate of drug-likeness (QED) is 0.289. The van der Waals surface area contributed by atoms with E-state index in [-0.39, 0.29) is 34.2 Å². The number of nitro groups is 1. The van der Waals surface area contributed by atoms with Crippen molar-refractivity contribution in [2.75, 3.05) is 7.11 Å². The maximum absolute atomic E-state index is 15.3. The summed E-state index contributed by atoms with van der Waals surface area (Å²) in [6, 6.07) is 4.57. The van der Waals surface area contributed by atoms with Crippen LogP contribution < -0.4 is 10.3 Å². The van der Waals surface area contributed by atoms with Gasteiger partial charge in [-0.2, -0.15) is 5.10 Å². The molecule has 4 aromatic rings. The fourth-order valence-electron chi connectivity index (χ4n) is 3.77. The number of fused-ring (bicyclic) bond motifs is 1. The summed E-state index contributed by atoms with van der Waals surface area (Å²) < 4.78 is 37.6. The second kappa shape index (κ2) is 8.49. The molecule has 0 spiro atoms. The largest absolute Gasteiger partial charge is 0.496 e. The van der Waals surface area contributed by atoms with E-state index < -0.39 is 38.5 Å². The number of hydrogen-bond acceptors (Lipinski definition) is 6. The maximum atomic E-state index is 15.3. The van der Waals surface area contributed by atoms with Crippen LogP contribution in [0.25, 0.3) is 28.1 Å². The van der Waals surface area contributed by atoms with E-state index in [9.17, 15) is 19.3 Å². The topological polar surface area (TPSA) is 105 Å². The van der Waals surface area contributed by atoms with Crippen LogP contribution in [0.4, 0.5) is 14.5 Å². The van der Waals surface area contributed by atoms with E-state index in [2.05, 4.69) is 10.1 Å². The molecule has 34 heavy (non-hydrogen) atoms. The average molecular weight is 490 g/mol. The molecule has 0 unspecified atom stereocenters. The van der Waals surface area contributed by atoms with E-state index in [1.807, 2.05) is 0 Å². The van der Waals surface area contributed by atoms with Gasteiger partial charge < -0.3 is 4.74 Å². The van der Waals surface area contributed by atoms with E-state index in [0.29, 0.717) is 5.56 Å². The number of nitrogens with zero attached hydrogens (tertiary/aromatic N) is 5. The van der Waals surface area contributed by atoms with Gasteiger partial charge in [-0.25, -0.2) is 23.0 Å². The van der Waals surface area contributed by atoms with Crippen molar-refractivity contribution in [1.82, 2.24) is 19.3 Å². The Morgan fingerprint density at radius 1 is 1.24 bits per heavy atom. The summed E-state index contributed by atoms with van der Waals surface area (Å²) in [5.74, 6) is -1.62. The Labute approximate surface area is 196 Å². The molecule has 0 aliphatic heterocycles. The molecule has 9 nitrogen and oxygen atoms in total. The molecule has 0 N–H and O–H groups in total. The van der Waals surface area contributed by atoms with E-state index in [1.54, 1.807) is 20.8 Å². The number of aryl methyl sites for hydroxylation is 1. The molecule has 3 aromatic heterocycles. The van der Waals surface area contributed by atoms with Crippen molar-refractivity contribution < 1.29 is 18.4 Å². The number of benzene rings is 1. The van der Waals surface area contributed by atoms with Gasteiger partial charge in [-0.15, -0.1) is 0 Å². The molecule has 0 saturated carbocycles. The molecule has 0 saturated heterocycles. The second-order valence-electron chi connectivity index (χ2n) is 7.76. The molecule has 1 aromatic carbocycles. The van der Waals surface area contributed by atoms with Gasteiger partial charge in [0.1, 0.15) is 28.1 Å². The van der Waals surface area contributed by atoms with Crippen molar-refractivity contribution in [1.29, 1.82) is 0 Å². The lowest BCUT2D eigenvalue weighted by atomic mass is 10.1. The van der Waals surface area contributed by atoms with Gasteiger partial charge in [0.15, 0.2) is 11.5 Å². The highest BCUT2D eigenvalue weighted by Gasteiger charge is 2.30. The van der Waals surface area contributed by atoms with Crippen LogP contribution in [0.1, 0.15) is 25.5 Å². The lowest BCUT2D eigenvalue weighted by Crippen LogP contribution is -2.26. The van der Waals surface area contributed by atoms with Gasteiger partial charge in [-0.05, 0) is 39.0 Å². The first kappa shape index (κ1) is 23.3. The third-order valence-corrected chi connectivity index (χ3v) is 5.66. The molecule has 3 heterocycles. The summed E-state index contributed by atoms with van der Waals surface area (Å²) in [6.45, 7) is 5.26. The van der Waals surface area contributed by atoms with Gasteiger partial charge in [0, 0.05) is 17.0 Å². The summed E-state index contributed by atoms with van der Waals surface area (Å²) in [6.07, 6.45) is 1.48. The Morgan fingerprint density at radius 3 is 2.56 bits per heavy atom. The Kier molecular flexibility index (Phi) is 5.82. The molecular weight excluding hydrogens is 472 g/mol. The van der Waals surface area contributed by atoms with Crippen LogP contribution in [0, 0.1) is 28.7 Å². The summed E-state index contributed by atoms with van der Waals surface area (Å²) >= 11 is 6.19. The molecule has 0 aliphatic rings. The smallest absolute Gasteiger partial charge is 0.353 e. The Morgan fingerprint density at radius 2 is 1.94 bits per heavy atom. The van der Waals surface area contributed by atoms with E-state index >= 15 is 4.39 Å². The molecule has 0 amide bonds. The maximum Gasteiger partial charge on any atom is 0.353 e. The second-order valence-corrected chi connectivity index (χ2v) is 8.13. The van der Waals surface area contributed by atoms with Crippen molar-refractivity contribution in [3.05, 3.63) is 73.2 Å². The minimum absolute atomic E-state index is 0.0102. The molecule has 12 heteroatoms. The summed E-state index contributed by atoms with van der Waals surface area (Å²) in [7, 11) is 1.29. The van der Waals surface area contributed by atoms with Gasteiger partial charge in [0.25, 0.3) is 0 Å². The Hall–Kier alpha value is -3.86. The number of methoxy groups -OCH3 is 1. The Balaban J connectivity index is 2.24. The lowest BCUT2D eigenvalue weighted by Gasteiger charge is -2.17. The fourth-order valence-corrected chi connectivity index (χ4v) is 4.06. The van der Waals surface area contributed by atoms with Crippen LogP contribution in [0.5, 0.6) is 5.75 Å². The van der Waals surface area contributed by atoms with Crippen LogP contribution in [0.3, 0.4) is 0 Å². The highest BCUT2D eigenvalue weighted by molar-refractivity contribution is 6.37. The lowest BCUT2D eigenvalue weighted by molar-refractivity contribution is -0.386. The first-order valence-electron chi connectivity index (χ1n) is 10.0. The van der Waals surface area contributed by atoms with Crippen molar-refractivity contribution in [3.63, 3.8) is 0 Å². The number of ether oxygens (including phenoxy) is 1. The first-order valence-corrected chi connectivity index (χ1v) is 10.4. The van der Waals surface area contributed by atoms with Gasteiger partial charge in [0.05, 0.1) is 23.8 Å². The van der Waals surface area contributed by atoms with Crippen LogP contribution in [-0.4, -0.2) is 31.4 Å². The molecule has 4 rings (SSSR count). The standard InChI is InChI=1S/C22H18ClF2N5O4/c1-10(2)29-21(11(3)9-26-29)28-20-12(17(23)19(22(28)31)30(32)33)8-14(25)18(27-20)16-13(24)6-5-7-15(16)34-4/h5-10H,1-4H3. The van der Waals surface area contributed by atoms with Gasteiger partial charge >= 0.3 is 11.2 Å². The molecule has 0 fully saturated rings. The highest BCUT2D eigenvalue weighted by atomic mass is 35.5. The van der Waals surface area contributed by atoms with Crippen molar-refractivity contribution in [2.24, 2.45) is 0 Å². The highest BCUT2D eigenvalue weighted by Crippen LogP contribution is 2.37. The van der Waals surface area contributed by atoms with Crippen molar-refractivity contribution in [2.45, 2.75) is 26.8 Å². The number of hydrogen-bond donors (Lipinski definition) is 0. The van der Waals surface area contributed by atoms with E-state index in [0.717, 1.165) is 16.7 Å². The zero-order valence-electron chi connectivity index (χ0n) is 18.5. The molecule has 0 radical (unpaired) electrons. The van der Waals surface area contributed by atoms with E-state index in [1.165, 1.54) is 30.1 Å². The number of rotatable bonds is 5. The van der Waals surface area contributed by atoms with E-state index in [4.69, 9.17) is 16.3 Å². The third kappa shape index (κ3) is 3.48. The monoisotopic (exact) mass is 489 g/mol. The number of aromatic nitrogens is 4. The predicted octanol–water partition coefficient (Wildman–Crippen LogP) is 4.99. The van der Waals surface area contributed by atoms with Gasteiger partial charge in [-0.1, -0.05) is 17.7 Å². The summed E-state index contributed by atoms with van der Waals surface area (Å²) in [5.41, 5.74) is -2.44. The zero-order valence-corrected chi connectivity index (χ0v) is 19.2. The van der Waals surface area contributed by atoms with Crippen LogP contribution in [0.15, 0.2) is 35.3 Å². The number of halogens is 3. The van der Waals surface area contributed by atoms with Crippen LogP contribution >= 0.6 is 11.6 Å². The van der Waals surface area contributed by atoms with Gasteiger partial charge in [0.2, 0.25) is 0 Å². The fraction of sp³-hybridized carbons (Fsp3) is 0.227. The first-order chi connectivity index (χ1) is 16.1. The molecule has 0 bridgehead atoms. The SMILES string of the molecule is COc1cccc(F)c1-c1nc2c(cc1F)c(Cl)c([N+](=O)[O-])c(=O)n2-c1c(C)cnn1C(C)C. The molecule has 0 atom stereocenters. The average Bonchev–Trinajstić information content (AvgIpc) is 3.15. The molecule has 0 aliphatic carbocycles. The zero-order chi connectivity index (χ0) is 24.9. The number of pyridine rings is 2. The summed E-state index contributed by atoms with van der Waals surface area (Å²) in [5, 5.41) is 15.2. The Bertz CT molecular complexity index is 1530. The van der Waals surface area contributed by atoms with Crippen molar-refractivity contribution >= 4 is 28.3 Å². The van der Waals surface area contributed by atoms with Crippen LogP contribution in [-0.2, 0) is 0 Å².